The first kappa shape index (κ1) is 16.3. The maximum atomic E-state index is 11.7. The molecule has 0 saturated heterocycles. The van der Waals surface area contributed by atoms with E-state index in [1.165, 1.54) is 0 Å². The molecular formula is C13H22N2O5. The summed E-state index contributed by atoms with van der Waals surface area (Å²) in [6.07, 6.45) is 4.30. The third kappa shape index (κ3) is 5.90. The summed E-state index contributed by atoms with van der Waals surface area (Å²) in [7, 11) is 0. The molecule has 1 fully saturated rings. The van der Waals surface area contributed by atoms with Crippen LogP contribution < -0.4 is 10.6 Å². The molecule has 0 spiro atoms. The summed E-state index contributed by atoms with van der Waals surface area (Å²) < 4.78 is 0. The Hall–Kier alpha value is -1.79. The number of carbonyl (C=O) groups is 3. The summed E-state index contributed by atoms with van der Waals surface area (Å²) in [4.78, 5) is 33.1. The fourth-order valence-corrected chi connectivity index (χ4v) is 2.39. The van der Waals surface area contributed by atoms with Crippen molar-refractivity contribution in [3.05, 3.63) is 0 Å². The van der Waals surface area contributed by atoms with E-state index in [2.05, 4.69) is 17.6 Å². The molecule has 2 amide bonds. The minimum Gasteiger partial charge on any atom is -0.481 e. The lowest BCUT2D eigenvalue weighted by molar-refractivity contribution is -0.145. The summed E-state index contributed by atoms with van der Waals surface area (Å²) in [6, 6.07) is -1.99. The predicted octanol–water partition coefficient (Wildman–Crippen LogP) is 1.18. The average Bonchev–Trinajstić information content (AvgIpc) is 2.53. The van der Waals surface area contributed by atoms with Crippen LogP contribution in [0.25, 0.3) is 0 Å². The third-order valence-electron chi connectivity index (χ3n) is 3.57. The molecule has 1 saturated carbocycles. The molecule has 3 atom stereocenters. The average molecular weight is 286 g/mol. The molecule has 7 heteroatoms. The van der Waals surface area contributed by atoms with Gasteiger partial charge in [-0.3, -0.25) is 4.79 Å². The number of amides is 2. The van der Waals surface area contributed by atoms with E-state index in [9.17, 15) is 14.4 Å². The number of hydrogen-bond acceptors (Lipinski definition) is 3. The number of aliphatic carboxylic acids is 2. The van der Waals surface area contributed by atoms with Gasteiger partial charge < -0.3 is 20.8 Å². The van der Waals surface area contributed by atoms with Crippen LogP contribution in [0.1, 0.15) is 45.4 Å². The van der Waals surface area contributed by atoms with Crippen LogP contribution >= 0.6 is 0 Å². The summed E-state index contributed by atoms with van der Waals surface area (Å²) in [5.74, 6) is -1.97. The van der Waals surface area contributed by atoms with E-state index in [0.717, 1.165) is 32.1 Å². The van der Waals surface area contributed by atoms with Crippen molar-refractivity contribution in [2.75, 3.05) is 0 Å². The number of nitrogens with one attached hydrogen (secondary N) is 2. The van der Waals surface area contributed by atoms with Crippen molar-refractivity contribution in [2.24, 2.45) is 5.92 Å². The highest BCUT2D eigenvalue weighted by atomic mass is 16.4. The Morgan fingerprint density at radius 1 is 1.15 bits per heavy atom. The second-order valence-corrected chi connectivity index (χ2v) is 5.42. The highest BCUT2D eigenvalue weighted by Gasteiger charge is 2.24. The summed E-state index contributed by atoms with van der Waals surface area (Å²) in [5, 5.41) is 22.4. The van der Waals surface area contributed by atoms with Crippen molar-refractivity contribution >= 4 is 18.0 Å². The molecule has 114 valence electrons. The van der Waals surface area contributed by atoms with Gasteiger partial charge in [0.25, 0.3) is 0 Å². The van der Waals surface area contributed by atoms with Gasteiger partial charge in [0.2, 0.25) is 0 Å². The fraction of sp³-hybridized carbons (Fsp3) is 0.769. The molecule has 0 aromatic carbocycles. The van der Waals surface area contributed by atoms with Crippen LogP contribution in [0.4, 0.5) is 4.79 Å². The van der Waals surface area contributed by atoms with Crippen molar-refractivity contribution in [1.82, 2.24) is 10.6 Å². The summed E-state index contributed by atoms with van der Waals surface area (Å²) in [5.41, 5.74) is 0. The van der Waals surface area contributed by atoms with Gasteiger partial charge in [-0.25, -0.2) is 9.59 Å². The number of urea groups is 1. The van der Waals surface area contributed by atoms with Crippen LogP contribution in [0.3, 0.4) is 0 Å². The number of hydrogen-bond donors (Lipinski definition) is 4. The van der Waals surface area contributed by atoms with Crippen LogP contribution in [0.2, 0.25) is 0 Å². The van der Waals surface area contributed by atoms with Gasteiger partial charge in [0.1, 0.15) is 6.04 Å². The van der Waals surface area contributed by atoms with Crippen LogP contribution in [-0.4, -0.2) is 40.3 Å². The van der Waals surface area contributed by atoms with Crippen LogP contribution in [0, 0.1) is 5.92 Å². The molecule has 1 aliphatic rings. The maximum absolute atomic E-state index is 11.7. The molecule has 0 heterocycles. The molecule has 0 bridgehead atoms. The van der Waals surface area contributed by atoms with E-state index in [1.807, 2.05) is 0 Å². The number of carbonyl (C=O) groups excluding carboxylic acids is 1. The predicted molar refractivity (Wildman–Crippen MR) is 71.4 cm³/mol. The van der Waals surface area contributed by atoms with Crippen molar-refractivity contribution in [2.45, 2.75) is 57.5 Å². The largest absolute Gasteiger partial charge is 0.481 e. The lowest BCUT2D eigenvalue weighted by Crippen LogP contribution is -2.49. The molecule has 0 aliphatic heterocycles. The molecule has 1 rings (SSSR count). The minimum atomic E-state index is -1.41. The van der Waals surface area contributed by atoms with Gasteiger partial charge in [-0.15, -0.1) is 0 Å². The van der Waals surface area contributed by atoms with E-state index in [4.69, 9.17) is 10.2 Å². The first-order valence-corrected chi connectivity index (χ1v) is 6.90. The SMILES string of the molecule is CC1CCCC(NC(=O)N[C@H](CC(=O)O)C(=O)O)CC1. The second-order valence-electron chi connectivity index (χ2n) is 5.42. The molecule has 7 nitrogen and oxygen atoms in total. The highest BCUT2D eigenvalue weighted by molar-refractivity contribution is 5.86. The lowest BCUT2D eigenvalue weighted by atomic mass is 10.0. The Labute approximate surface area is 117 Å². The molecule has 2 unspecified atom stereocenters. The van der Waals surface area contributed by atoms with E-state index >= 15 is 0 Å². The van der Waals surface area contributed by atoms with Gasteiger partial charge in [0, 0.05) is 6.04 Å². The van der Waals surface area contributed by atoms with Gasteiger partial charge in [0.05, 0.1) is 6.42 Å². The maximum Gasteiger partial charge on any atom is 0.326 e. The van der Waals surface area contributed by atoms with Crippen molar-refractivity contribution in [3.63, 3.8) is 0 Å². The topological polar surface area (TPSA) is 116 Å². The zero-order chi connectivity index (χ0) is 15.1. The number of rotatable bonds is 5. The number of carboxylic acids is 2. The molecular weight excluding hydrogens is 264 g/mol. The molecule has 0 radical (unpaired) electrons. The lowest BCUT2D eigenvalue weighted by Gasteiger charge is -2.19. The van der Waals surface area contributed by atoms with Gasteiger partial charge in [-0.05, 0) is 25.2 Å². The Morgan fingerprint density at radius 2 is 1.85 bits per heavy atom. The minimum absolute atomic E-state index is 0.0271. The van der Waals surface area contributed by atoms with E-state index in [-0.39, 0.29) is 6.04 Å². The standard InChI is InChI=1S/C13H22N2O5/c1-8-3-2-4-9(6-5-8)14-13(20)15-10(12(18)19)7-11(16)17/h8-10H,2-7H2,1H3,(H,16,17)(H,18,19)(H2,14,15,20)/t8?,9?,10-/m1/s1. The van der Waals surface area contributed by atoms with Crippen LogP contribution in [0.15, 0.2) is 0 Å². The Balaban J connectivity index is 2.44. The monoisotopic (exact) mass is 286 g/mol. The van der Waals surface area contributed by atoms with Gasteiger partial charge in [0.15, 0.2) is 0 Å². The molecule has 1 aliphatic carbocycles. The third-order valence-corrected chi connectivity index (χ3v) is 3.57. The van der Waals surface area contributed by atoms with Gasteiger partial charge in [-0.1, -0.05) is 19.8 Å². The summed E-state index contributed by atoms with van der Waals surface area (Å²) >= 11 is 0. The molecule has 20 heavy (non-hydrogen) atoms. The second kappa shape index (κ2) is 7.72. The van der Waals surface area contributed by atoms with E-state index in [1.54, 1.807) is 0 Å². The fourth-order valence-electron chi connectivity index (χ4n) is 2.39. The van der Waals surface area contributed by atoms with E-state index < -0.39 is 30.4 Å². The van der Waals surface area contributed by atoms with Crippen molar-refractivity contribution in [3.8, 4) is 0 Å². The number of carboxylic acid groups (broad SMARTS) is 2. The van der Waals surface area contributed by atoms with Gasteiger partial charge in [-0.2, -0.15) is 0 Å². The van der Waals surface area contributed by atoms with Crippen LogP contribution in [-0.2, 0) is 9.59 Å². The quantitative estimate of drug-likeness (QED) is 0.566. The molecule has 0 aromatic heterocycles. The zero-order valence-electron chi connectivity index (χ0n) is 11.6. The highest BCUT2D eigenvalue weighted by Crippen LogP contribution is 2.22. The normalized spacial score (nSPS) is 24.2. The smallest absolute Gasteiger partial charge is 0.326 e. The zero-order valence-corrected chi connectivity index (χ0v) is 11.6. The Morgan fingerprint density at radius 3 is 2.45 bits per heavy atom. The van der Waals surface area contributed by atoms with Crippen molar-refractivity contribution < 1.29 is 24.6 Å². The molecule has 0 aromatic rings. The molecule has 4 N–H and O–H groups in total. The first-order valence-electron chi connectivity index (χ1n) is 6.90. The van der Waals surface area contributed by atoms with Crippen LogP contribution in [0.5, 0.6) is 0 Å². The van der Waals surface area contributed by atoms with Gasteiger partial charge >= 0.3 is 18.0 Å². The summed E-state index contributed by atoms with van der Waals surface area (Å²) in [6.45, 7) is 2.18. The first-order chi connectivity index (χ1) is 9.38. The van der Waals surface area contributed by atoms with E-state index in [0.29, 0.717) is 5.92 Å². The Bertz CT molecular complexity index is 372. The van der Waals surface area contributed by atoms with Crippen molar-refractivity contribution in [1.29, 1.82) is 0 Å². The Kier molecular flexibility index (Phi) is 6.27.